The van der Waals surface area contributed by atoms with Crippen molar-refractivity contribution in [2.75, 3.05) is 6.61 Å². The second-order valence-corrected chi connectivity index (χ2v) is 10.8. The van der Waals surface area contributed by atoms with E-state index in [4.69, 9.17) is 9.47 Å². The number of ketones is 1. The highest BCUT2D eigenvalue weighted by Gasteiger charge is 2.31. The van der Waals surface area contributed by atoms with E-state index in [0.717, 1.165) is 27.8 Å². The minimum absolute atomic E-state index is 0.0828. The Kier molecular flexibility index (Phi) is 8.80. The molecule has 0 aromatic heterocycles. The number of alkyl carbamates (subject to hydrolysis) is 1. The van der Waals surface area contributed by atoms with Gasteiger partial charge in [0.05, 0.1) is 6.04 Å². The molecule has 0 radical (unpaired) electrons. The summed E-state index contributed by atoms with van der Waals surface area (Å²) in [5, 5.41) is 13.6. The highest BCUT2D eigenvalue weighted by atomic mass is 16.5. The molecule has 6 heteroatoms. The molecule has 1 amide bonds. The van der Waals surface area contributed by atoms with Crippen LogP contribution in [-0.2, 0) is 16.1 Å². The average Bonchev–Trinajstić information content (AvgIpc) is 3.32. The standard InChI is InChI=1S/C35H35NO5/c1-23(2)20-32(34(38)33(37)25-16-18-26(19-17-25)40-21-24-10-4-3-5-11-24)36-35(39)41-22-31-29-14-8-6-12-27(29)28-13-7-9-15-30(28)31/h3-19,23,31-33,37H,20-22H2,1-2H3,(H,36,39)/t32-,33?/m0/s1. The smallest absolute Gasteiger partial charge is 0.407 e. The van der Waals surface area contributed by atoms with Crippen LogP contribution in [0.3, 0.4) is 0 Å². The summed E-state index contributed by atoms with van der Waals surface area (Å²) in [6.45, 7) is 4.49. The summed E-state index contributed by atoms with van der Waals surface area (Å²) in [4.78, 5) is 26.3. The molecular formula is C35H35NO5. The third kappa shape index (κ3) is 6.67. The van der Waals surface area contributed by atoms with E-state index in [0.29, 0.717) is 24.3 Å². The maximum atomic E-state index is 13.3. The number of benzene rings is 4. The Bertz CT molecular complexity index is 1440. The van der Waals surface area contributed by atoms with Crippen LogP contribution >= 0.6 is 0 Å². The molecule has 210 valence electrons. The third-order valence-corrected chi connectivity index (χ3v) is 7.40. The van der Waals surface area contributed by atoms with Crippen LogP contribution in [0.15, 0.2) is 103 Å². The number of carbonyl (C=O) groups excluding carboxylic acids is 2. The van der Waals surface area contributed by atoms with Gasteiger partial charge in [-0.3, -0.25) is 4.79 Å². The first-order valence-corrected chi connectivity index (χ1v) is 14.0. The molecule has 0 aliphatic heterocycles. The van der Waals surface area contributed by atoms with Gasteiger partial charge in [0.2, 0.25) is 0 Å². The lowest BCUT2D eigenvalue weighted by atomic mass is 9.94. The normalized spacial score (nSPS) is 13.7. The molecule has 4 aromatic rings. The molecule has 1 aliphatic rings. The van der Waals surface area contributed by atoms with Gasteiger partial charge >= 0.3 is 6.09 Å². The number of ether oxygens (including phenoxy) is 2. The molecule has 6 nitrogen and oxygen atoms in total. The molecule has 4 aromatic carbocycles. The van der Waals surface area contributed by atoms with Crippen molar-refractivity contribution < 1.29 is 24.2 Å². The average molecular weight is 550 g/mol. The van der Waals surface area contributed by atoms with Gasteiger partial charge in [0, 0.05) is 5.92 Å². The molecule has 5 rings (SSSR count). The van der Waals surface area contributed by atoms with Crippen molar-refractivity contribution in [2.45, 2.75) is 44.9 Å². The number of aliphatic hydroxyl groups excluding tert-OH is 1. The van der Waals surface area contributed by atoms with E-state index in [-0.39, 0.29) is 18.4 Å². The lowest BCUT2D eigenvalue weighted by Gasteiger charge is -2.23. The summed E-state index contributed by atoms with van der Waals surface area (Å²) in [5.41, 5.74) is 5.99. The highest BCUT2D eigenvalue weighted by Crippen LogP contribution is 2.44. The fourth-order valence-electron chi connectivity index (χ4n) is 5.34. The van der Waals surface area contributed by atoms with Crippen LogP contribution in [0.25, 0.3) is 11.1 Å². The largest absolute Gasteiger partial charge is 0.489 e. The Hall–Kier alpha value is -4.42. The number of fused-ring (bicyclic) bond motifs is 3. The van der Waals surface area contributed by atoms with Crippen LogP contribution in [0.4, 0.5) is 4.79 Å². The molecule has 0 bridgehead atoms. The van der Waals surface area contributed by atoms with Gasteiger partial charge in [0.15, 0.2) is 5.78 Å². The summed E-state index contributed by atoms with van der Waals surface area (Å²) in [7, 11) is 0. The Labute approximate surface area is 241 Å². The Morgan fingerprint density at radius 3 is 2.00 bits per heavy atom. The van der Waals surface area contributed by atoms with Crippen LogP contribution in [0.1, 0.15) is 54.5 Å². The van der Waals surface area contributed by atoms with E-state index in [9.17, 15) is 14.7 Å². The first kappa shape index (κ1) is 28.1. The summed E-state index contributed by atoms with van der Waals surface area (Å²) >= 11 is 0. The highest BCUT2D eigenvalue weighted by molar-refractivity contribution is 5.91. The van der Waals surface area contributed by atoms with Crippen molar-refractivity contribution in [3.8, 4) is 16.9 Å². The molecule has 0 saturated heterocycles. The van der Waals surface area contributed by atoms with Crippen molar-refractivity contribution in [1.82, 2.24) is 5.32 Å². The summed E-state index contributed by atoms with van der Waals surface area (Å²) in [6, 6.07) is 32.0. The second-order valence-electron chi connectivity index (χ2n) is 10.8. The van der Waals surface area contributed by atoms with E-state index in [2.05, 4.69) is 29.6 Å². The number of nitrogens with one attached hydrogen (secondary N) is 1. The topological polar surface area (TPSA) is 84.9 Å². The molecular weight excluding hydrogens is 514 g/mol. The predicted octanol–water partition coefficient (Wildman–Crippen LogP) is 6.82. The van der Waals surface area contributed by atoms with Gasteiger partial charge in [-0.25, -0.2) is 4.79 Å². The van der Waals surface area contributed by atoms with Gasteiger partial charge in [-0.05, 0) is 57.9 Å². The quantitative estimate of drug-likeness (QED) is 0.214. The van der Waals surface area contributed by atoms with Gasteiger partial charge in [0.1, 0.15) is 25.1 Å². The maximum absolute atomic E-state index is 13.3. The summed E-state index contributed by atoms with van der Waals surface area (Å²) in [6.07, 6.45) is -1.70. The monoisotopic (exact) mass is 549 g/mol. The summed E-state index contributed by atoms with van der Waals surface area (Å²) < 4.78 is 11.5. The molecule has 0 heterocycles. The molecule has 1 unspecified atom stereocenters. The predicted molar refractivity (Wildman–Crippen MR) is 159 cm³/mol. The zero-order valence-corrected chi connectivity index (χ0v) is 23.3. The molecule has 41 heavy (non-hydrogen) atoms. The van der Waals surface area contributed by atoms with Crippen LogP contribution in [0, 0.1) is 5.92 Å². The van der Waals surface area contributed by atoms with Gasteiger partial charge in [-0.1, -0.05) is 105 Å². The van der Waals surface area contributed by atoms with Gasteiger partial charge in [-0.2, -0.15) is 0 Å². The van der Waals surface area contributed by atoms with Gasteiger partial charge < -0.3 is 19.9 Å². The molecule has 0 fully saturated rings. The molecule has 0 spiro atoms. The first-order valence-electron chi connectivity index (χ1n) is 14.0. The number of hydrogen-bond acceptors (Lipinski definition) is 5. The Morgan fingerprint density at radius 2 is 1.39 bits per heavy atom. The van der Waals surface area contributed by atoms with Crippen LogP contribution in [0.2, 0.25) is 0 Å². The van der Waals surface area contributed by atoms with Crippen molar-refractivity contribution >= 4 is 11.9 Å². The van der Waals surface area contributed by atoms with Crippen LogP contribution in [0.5, 0.6) is 5.75 Å². The summed E-state index contributed by atoms with van der Waals surface area (Å²) in [5.74, 6) is 0.178. The minimum atomic E-state index is -1.39. The third-order valence-electron chi connectivity index (χ3n) is 7.40. The van der Waals surface area contributed by atoms with E-state index in [1.54, 1.807) is 24.3 Å². The minimum Gasteiger partial charge on any atom is -0.489 e. The van der Waals surface area contributed by atoms with Crippen molar-refractivity contribution in [2.24, 2.45) is 5.92 Å². The number of Topliss-reactive ketones (excluding diaryl/α,β-unsaturated/α-hetero) is 1. The van der Waals surface area contributed by atoms with Gasteiger partial charge in [0.25, 0.3) is 0 Å². The van der Waals surface area contributed by atoms with Crippen LogP contribution in [-0.4, -0.2) is 29.6 Å². The molecule has 0 saturated carbocycles. The Morgan fingerprint density at radius 1 is 0.805 bits per heavy atom. The zero-order valence-electron chi connectivity index (χ0n) is 23.3. The maximum Gasteiger partial charge on any atom is 0.407 e. The lowest BCUT2D eigenvalue weighted by molar-refractivity contribution is -0.129. The van der Waals surface area contributed by atoms with E-state index in [1.807, 2.05) is 68.4 Å². The van der Waals surface area contributed by atoms with Crippen molar-refractivity contribution in [1.29, 1.82) is 0 Å². The number of carbonyl (C=O) groups is 2. The number of hydrogen-bond donors (Lipinski definition) is 2. The zero-order chi connectivity index (χ0) is 28.8. The number of aliphatic hydroxyl groups is 1. The lowest BCUT2D eigenvalue weighted by Crippen LogP contribution is -2.44. The fourth-order valence-corrected chi connectivity index (χ4v) is 5.34. The van der Waals surface area contributed by atoms with E-state index >= 15 is 0 Å². The van der Waals surface area contributed by atoms with Crippen molar-refractivity contribution in [3.63, 3.8) is 0 Å². The second kappa shape index (κ2) is 12.8. The Balaban J connectivity index is 1.21. The first-order chi connectivity index (χ1) is 19.9. The van der Waals surface area contributed by atoms with Crippen LogP contribution < -0.4 is 10.1 Å². The number of amides is 1. The SMILES string of the molecule is CC(C)C[C@H](NC(=O)OCC1c2ccccc2-c2ccccc21)C(=O)C(O)c1ccc(OCc2ccccc2)cc1. The van der Waals surface area contributed by atoms with Gasteiger partial charge in [-0.15, -0.1) is 0 Å². The van der Waals surface area contributed by atoms with Crippen molar-refractivity contribution in [3.05, 3.63) is 125 Å². The molecule has 1 aliphatic carbocycles. The molecule has 2 atom stereocenters. The van der Waals surface area contributed by atoms with E-state index < -0.39 is 24.0 Å². The van der Waals surface area contributed by atoms with E-state index in [1.165, 1.54) is 0 Å². The fraction of sp³-hybridized carbons (Fsp3) is 0.257. The number of rotatable bonds is 11. The molecule has 2 N–H and O–H groups in total.